The summed E-state index contributed by atoms with van der Waals surface area (Å²) in [6.07, 6.45) is -4.49. The molecule has 0 heterocycles. The Morgan fingerprint density at radius 1 is 1.44 bits per heavy atom. The van der Waals surface area contributed by atoms with Crippen LogP contribution in [0.4, 0.5) is 18.9 Å². The van der Waals surface area contributed by atoms with Crippen molar-refractivity contribution >= 4 is 11.7 Å². The Balaban J connectivity index is 2.90. The Morgan fingerprint density at radius 2 is 2.06 bits per heavy atom. The van der Waals surface area contributed by atoms with E-state index in [2.05, 4.69) is 4.74 Å². The lowest BCUT2D eigenvalue weighted by molar-refractivity contribution is -0.153. The molecule has 0 radical (unpaired) electrons. The number of carbonyl (C=O) groups is 1. The molecular weight excluding hydrogens is 227 g/mol. The highest BCUT2D eigenvalue weighted by Gasteiger charge is 2.29. The summed E-state index contributed by atoms with van der Waals surface area (Å²) in [4.78, 5) is 10.6. The van der Waals surface area contributed by atoms with Crippen molar-refractivity contribution in [1.29, 1.82) is 0 Å². The summed E-state index contributed by atoms with van der Waals surface area (Å²) in [5.74, 6) is -1.62. The highest BCUT2D eigenvalue weighted by atomic mass is 19.4. The van der Waals surface area contributed by atoms with E-state index in [-0.39, 0.29) is 17.0 Å². The normalized spacial score (nSPS) is 11.2. The predicted molar refractivity (Wildman–Crippen MR) is 49.4 cm³/mol. The van der Waals surface area contributed by atoms with Crippen molar-refractivity contribution in [2.45, 2.75) is 6.18 Å². The van der Waals surface area contributed by atoms with Crippen molar-refractivity contribution in [1.82, 2.24) is 0 Å². The number of nitrogens with two attached hydrogens (primary N) is 1. The number of carboxylic acids is 1. The van der Waals surface area contributed by atoms with Crippen LogP contribution in [-0.2, 0) is 0 Å². The second-order valence-electron chi connectivity index (χ2n) is 2.93. The number of ether oxygens (including phenoxy) is 1. The van der Waals surface area contributed by atoms with Gasteiger partial charge in [-0.2, -0.15) is 13.2 Å². The van der Waals surface area contributed by atoms with Gasteiger partial charge in [0, 0.05) is 0 Å². The zero-order valence-corrected chi connectivity index (χ0v) is 7.91. The maximum Gasteiger partial charge on any atom is 0.422 e. The van der Waals surface area contributed by atoms with Crippen LogP contribution in [0.3, 0.4) is 0 Å². The lowest BCUT2D eigenvalue weighted by Crippen LogP contribution is -2.20. The zero-order chi connectivity index (χ0) is 12.3. The highest BCUT2D eigenvalue weighted by molar-refractivity contribution is 5.95. The number of para-hydroxylation sites is 1. The Bertz CT molecular complexity index is 403. The van der Waals surface area contributed by atoms with Crippen molar-refractivity contribution in [3.05, 3.63) is 23.8 Å². The molecule has 1 rings (SSSR count). The fraction of sp³-hybridized carbons (Fsp3) is 0.222. The molecule has 0 unspecified atom stereocenters. The van der Waals surface area contributed by atoms with Gasteiger partial charge in [0.25, 0.3) is 0 Å². The third kappa shape index (κ3) is 3.04. The van der Waals surface area contributed by atoms with Crippen LogP contribution in [0.2, 0.25) is 0 Å². The van der Waals surface area contributed by atoms with Gasteiger partial charge < -0.3 is 15.6 Å². The van der Waals surface area contributed by atoms with Crippen LogP contribution in [0.1, 0.15) is 10.4 Å². The molecule has 0 spiro atoms. The maximum atomic E-state index is 11.8. The van der Waals surface area contributed by atoms with Crippen LogP contribution in [-0.4, -0.2) is 23.9 Å². The quantitative estimate of drug-likeness (QED) is 0.785. The summed E-state index contributed by atoms with van der Waals surface area (Å²) in [5, 5.41) is 8.66. The van der Waals surface area contributed by atoms with Crippen LogP contribution < -0.4 is 10.5 Å². The number of hydrogen-bond donors (Lipinski definition) is 2. The molecule has 0 aromatic heterocycles. The first-order valence-electron chi connectivity index (χ1n) is 4.12. The van der Waals surface area contributed by atoms with E-state index < -0.39 is 18.8 Å². The molecule has 3 N–H and O–H groups in total. The topological polar surface area (TPSA) is 72.5 Å². The molecule has 0 fully saturated rings. The molecule has 1 aromatic carbocycles. The van der Waals surface area contributed by atoms with E-state index in [9.17, 15) is 18.0 Å². The molecule has 0 saturated carbocycles. The lowest BCUT2D eigenvalue weighted by atomic mass is 10.1. The van der Waals surface area contributed by atoms with Gasteiger partial charge in [-0.05, 0) is 12.1 Å². The third-order valence-electron chi connectivity index (χ3n) is 1.69. The lowest BCUT2D eigenvalue weighted by Gasteiger charge is -2.12. The molecule has 0 aliphatic carbocycles. The first-order chi connectivity index (χ1) is 7.31. The predicted octanol–water partition coefficient (Wildman–Crippen LogP) is 1.91. The van der Waals surface area contributed by atoms with Gasteiger partial charge in [-0.25, -0.2) is 4.79 Å². The standard InChI is InChI=1S/C9H8F3NO3/c10-9(11,12)4-16-6-3-1-2-5(7(6)13)8(14)15/h1-3H,4,13H2,(H,14,15). The molecule has 0 bridgehead atoms. The number of rotatable bonds is 3. The summed E-state index contributed by atoms with van der Waals surface area (Å²) in [6, 6.07) is 3.61. The van der Waals surface area contributed by atoms with Crippen molar-refractivity contribution in [2.75, 3.05) is 12.3 Å². The van der Waals surface area contributed by atoms with E-state index in [4.69, 9.17) is 10.8 Å². The molecule has 0 aliphatic heterocycles. The van der Waals surface area contributed by atoms with Crippen molar-refractivity contribution in [3.8, 4) is 5.75 Å². The van der Waals surface area contributed by atoms with Gasteiger partial charge in [0.1, 0.15) is 5.75 Å². The van der Waals surface area contributed by atoms with Crippen LogP contribution >= 0.6 is 0 Å². The van der Waals surface area contributed by atoms with Crippen LogP contribution in [0.25, 0.3) is 0 Å². The molecule has 4 nitrogen and oxygen atoms in total. The Kier molecular flexibility index (Phi) is 3.26. The van der Waals surface area contributed by atoms with E-state index in [1.807, 2.05) is 0 Å². The molecule has 88 valence electrons. The summed E-state index contributed by atoms with van der Waals surface area (Å²) in [5.41, 5.74) is 4.73. The monoisotopic (exact) mass is 235 g/mol. The van der Waals surface area contributed by atoms with Crippen LogP contribution in [0, 0.1) is 0 Å². The highest BCUT2D eigenvalue weighted by Crippen LogP contribution is 2.27. The minimum absolute atomic E-state index is 0.292. The smallest absolute Gasteiger partial charge is 0.422 e. The summed E-state index contributed by atoms with van der Waals surface area (Å²) >= 11 is 0. The minimum Gasteiger partial charge on any atom is -0.482 e. The molecule has 0 aliphatic rings. The van der Waals surface area contributed by atoms with E-state index in [1.165, 1.54) is 18.2 Å². The number of alkyl halides is 3. The Morgan fingerprint density at radius 3 is 2.56 bits per heavy atom. The maximum absolute atomic E-state index is 11.8. The first kappa shape index (κ1) is 12.2. The van der Waals surface area contributed by atoms with Crippen molar-refractivity contribution < 1.29 is 27.8 Å². The number of aromatic carboxylic acids is 1. The van der Waals surface area contributed by atoms with Crippen LogP contribution in [0.15, 0.2) is 18.2 Å². The van der Waals surface area contributed by atoms with Gasteiger partial charge >= 0.3 is 12.1 Å². The fourth-order valence-corrected chi connectivity index (χ4v) is 1.02. The van der Waals surface area contributed by atoms with Crippen molar-refractivity contribution in [2.24, 2.45) is 0 Å². The van der Waals surface area contributed by atoms with E-state index >= 15 is 0 Å². The fourth-order valence-electron chi connectivity index (χ4n) is 1.02. The summed E-state index contributed by atoms with van der Waals surface area (Å²) in [7, 11) is 0. The van der Waals surface area contributed by atoms with Gasteiger partial charge in [0.2, 0.25) is 0 Å². The first-order valence-corrected chi connectivity index (χ1v) is 4.12. The van der Waals surface area contributed by atoms with Gasteiger partial charge in [-0.15, -0.1) is 0 Å². The summed E-state index contributed by atoms with van der Waals surface area (Å²) < 4.78 is 39.9. The van der Waals surface area contributed by atoms with E-state index in [0.29, 0.717) is 0 Å². The largest absolute Gasteiger partial charge is 0.482 e. The molecular formula is C9H8F3NO3. The molecule has 0 amide bonds. The van der Waals surface area contributed by atoms with E-state index in [1.54, 1.807) is 0 Å². The molecule has 0 atom stereocenters. The van der Waals surface area contributed by atoms with Gasteiger partial charge in [-0.1, -0.05) is 6.07 Å². The van der Waals surface area contributed by atoms with Gasteiger partial charge in [0.15, 0.2) is 6.61 Å². The number of anilines is 1. The number of carboxylic acid groups (broad SMARTS) is 1. The van der Waals surface area contributed by atoms with Crippen molar-refractivity contribution in [3.63, 3.8) is 0 Å². The second-order valence-corrected chi connectivity index (χ2v) is 2.93. The number of nitrogen functional groups attached to an aromatic ring is 1. The molecule has 1 aromatic rings. The second kappa shape index (κ2) is 4.30. The van der Waals surface area contributed by atoms with Gasteiger partial charge in [0.05, 0.1) is 11.3 Å². The Labute approximate surface area is 88.4 Å². The zero-order valence-electron chi connectivity index (χ0n) is 7.91. The minimum atomic E-state index is -4.49. The van der Waals surface area contributed by atoms with Crippen LogP contribution in [0.5, 0.6) is 5.75 Å². The molecule has 16 heavy (non-hydrogen) atoms. The van der Waals surface area contributed by atoms with E-state index in [0.717, 1.165) is 0 Å². The van der Waals surface area contributed by atoms with Gasteiger partial charge in [-0.3, -0.25) is 0 Å². The number of hydrogen-bond acceptors (Lipinski definition) is 3. The average molecular weight is 235 g/mol. The molecule has 0 saturated heterocycles. The summed E-state index contributed by atoms with van der Waals surface area (Å²) in [6.45, 7) is -1.51. The Hall–Kier alpha value is -1.92. The third-order valence-corrected chi connectivity index (χ3v) is 1.69. The number of benzene rings is 1. The molecule has 7 heteroatoms. The SMILES string of the molecule is Nc1c(OCC(F)(F)F)cccc1C(=O)O. The number of halogens is 3. The average Bonchev–Trinajstić information content (AvgIpc) is 2.14.